The summed E-state index contributed by atoms with van der Waals surface area (Å²) in [5.74, 6) is -0.245. The van der Waals surface area contributed by atoms with Crippen LogP contribution in [-0.2, 0) is 4.74 Å². The van der Waals surface area contributed by atoms with E-state index in [0.717, 1.165) is 11.1 Å². The minimum atomic E-state index is -0.523. The molecule has 1 aliphatic rings. The average molecular weight is 294 g/mol. The SMILES string of the molecule is Cc1cc(F)ccc1[C@@H]1CN(C(=O)OC(C)(C)C)C[C@H]1N. The van der Waals surface area contributed by atoms with E-state index in [9.17, 15) is 9.18 Å². The van der Waals surface area contributed by atoms with Crippen molar-refractivity contribution in [3.05, 3.63) is 35.1 Å². The number of hydrogen-bond donors (Lipinski definition) is 1. The molecule has 2 rings (SSSR count). The lowest BCUT2D eigenvalue weighted by Crippen LogP contribution is -2.36. The normalized spacial score (nSPS) is 22.5. The Labute approximate surface area is 125 Å². The molecule has 2 N–H and O–H groups in total. The lowest BCUT2D eigenvalue weighted by Gasteiger charge is -2.24. The molecule has 4 nitrogen and oxygen atoms in total. The van der Waals surface area contributed by atoms with Crippen LogP contribution in [0.5, 0.6) is 0 Å². The Morgan fingerprint density at radius 3 is 2.62 bits per heavy atom. The number of benzene rings is 1. The van der Waals surface area contributed by atoms with E-state index in [4.69, 9.17) is 10.5 Å². The summed E-state index contributed by atoms with van der Waals surface area (Å²) in [6.45, 7) is 8.33. The summed E-state index contributed by atoms with van der Waals surface area (Å²) in [6, 6.07) is 4.53. The van der Waals surface area contributed by atoms with Crippen molar-refractivity contribution in [2.45, 2.75) is 45.3 Å². The summed E-state index contributed by atoms with van der Waals surface area (Å²) in [4.78, 5) is 13.7. The Morgan fingerprint density at radius 2 is 2.05 bits per heavy atom. The Bertz CT molecular complexity index is 540. The lowest BCUT2D eigenvalue weighted by molar-refractivity contribution is 0.0290. The van der Waals surface area contributed by atoms with Gasteiger partial charge in [0.15, 0.2) is 0 Å². The minimum absolute atomic E-state index is 0.0121. The van der Waals surface area contributed by atoms with Gasteiger partial charge < -0.3 is 15.4 Å². The molecule has 1 aliphatic heterocycles. The number of aryl methyl sites for hydroxylation is 1. The molecular formula is C16H23FN2O2. The molecule has 1 saturated heterocycles. The van der Waals surface area contributed by atoms with Gasteiger partial charge in [0.1, 0.15) is 11.4 Å². The maximum atomic E-state index is 13.2. The quantitative estimate of drug-likeness (QED) is 0.866. The second-order valence-corrected chi connectivity index (χ2v) is 6.66. The maximum Gasteiger partial charge on any atom is 0.410 e. The first-order valence-electron chi connectivity index (χ1n) is 7.17. The first-order chi connectivity index (χ1) is 9.67. The van der Waals surface area contributed by atoms with Crippen LogP contribution in [0, 0.1) is 12.7 Å². The first-order valence-corrected chi connectivity index (χ1v) is 7.17. The van der Waals surface area contributed by atoms with Crippen molar-refractivity contribution in [2.24, 2.45) is 5.73 Å². The molecule has 0 bridgehead atoms. The summed E-state index contributed by atoms with van der Waals surface area (Å²) >= 11 is 0. The largest absolute Gasteiger partial charge is 0.444 e. The van der Waals surface area contributed by atoms with E-state index in [1.807, 2.05) is 27.7 Å². The number of rotatable bonds is 1. The average Bonchev–Trinajstić information content (AvgIpc) is 2.69. The second-order valence-electron chi connectivity index (χ2n) is 6.66. The van der Waals surface area contributed by atoms with Crippen LogP contribution in [0.15, 0.2) is 18.2 Å². The van der Waals surface area contributed by atoms with E-state index in [1.165, 1.54) is 12.1 Å². The highest BCUT2D eigenvalue weighted by Crippen LogP contribution is 2.30. The summed E-state index contributed by atoms with van der Waals surface area (Å²) < 4.78 is 18.6. The van der Waals surface area contributed by atoms with Crippen molar-refractivity contribution in [1.29, 1.82) is 0 Å². The van der Waals surface area contributed by atoms with Gasteiger partial charge in [-0.3, -0.25) is 0 Å². The fraction of sp³-hybridized carbons (Fsp3) is 0.562. The van der Waals surface area contributed by atoms with Crippen LogP contribution in [0.1, 0.15) is 37.8 Å². The number of amides is 1. The Hall–Kier alpha value is -1.62. The minimum Gasteiger partial charge on any atom is -0.444 e. The molecular weight excluding hydrogens is 271 g/mol. The van der Waals surface area contributed by atoms with Crippen molar-refractivity contribution < 1.29 is 13.9 Å². The second kappa shape index (κ2) is 5.64. The molecule has 2 atom stereocenters. The fourth-order valence-corrected chi connectivity index (χ4v) is 2.69. The van der Waals surface area contributed by atoms with Crippen molar-refractivity contribution in [2.75, 3.05) is 13.1 Å². The number of halogens is 1. The van der Waals surface area contributed by atoms with Crippen molar-refractivity contribution >= 4 is 6.09 Å². The van der Waals surface area contributed by atoms with Crippen LogP contribution in [0.2, 0.25) is 0 Å². The van der Waals surface area contributed by atoms with Crippen LogP contribution in [0.25, 0.3) is 0 Å². The fourth-order valence-electron chi connectivity index (χ4n) is 2.69. The molecule has 1 amide bonds. The zero-order valence-electron chi connectivity index (χ0n) is 13.0. The van der Waals surface area contributed by atoms with Gasteiger partial charge >= 0.3 is 6.09 Å². The summed E-state index contributed by atoms with van der Waals surface area (Å²) in [7, 11) is 0. The van der Waals surface area contributed by atoms with Gasteiger partial charge in [-0.25, -0.2) is 9.18 Å². The maximum absolute atomic E-state index is 13.2. The first kappa shape index (κ1) is 15.8. The number of nitrogens with two attached hydrogens (primary N) is 1. The molecule has 0 spiro atoms. The number of nitrogens with zero attached hydrogens (tertiary/aromatic N) is 1. The molecule has 116 valence electrons. The number of carbonyl (C=O) groups is 1. The van der Waals surface area contributed by atoms with Crippen LogP contribution in [0.3, 0.4) is 0 Å². The van der Waals surface area contributed by atoms with Gasteiger partial charge in [0.2, 0.25) is 0 Å². The van der Waals surface area contributed by atoms with Crippen LogP contribution in [-0.4, -0.2) is 35.7 Å². The molecule has 21 heavy (non-hydrogen) atoms. The number of ether oxygens (including phenoxy) is 1. The van der Waals surface area contributed by atoms with Crippen molar-refractivity contribution in [3.63, 3.8) is 0 Å². The Kier molecular flexibility index (Phi) is 4.23. The summed E-state index contributed by atoms with van der Waals surface area (Å²) in [5.41, 5.74) is 7.50. The number of likely N-dealkylation sites (tertiary alicyclic amines) is 1. The summed E-state index contributed by atoms with van der Waals surface area (Å²) in [5, 5.41) is 0. The van der Waals surface area contributed by atoms with Gasteiger partial charge in [0, 0.05) is 25.0 Å². The van der Waals surface area contributed by atoms with Gasteiger partial charge in [-0.15, -0.1) is 0 Å². The molecule has 0 saturated carbocycles. The third kappa shape index (κ3) is 3.73. The molecule has 1 aromatic rings. The summed E-state index contributed by atoms with van der Waals surface area (Å²) in [6.07, 6.45) is -0.347. The zero-order valence-corrected chi connectivity index (χ0v) is 13.0. The molecule has 5 heteroatoms. The number of hydrogen-bond acceptors (Lipinski definition) is 3. The monoisotopic (exact) mass is 294 g/mol. The predicted molar refractivity (Wildman–Crippen MR) is 79.7 cm³/mol. The molecule has 1 aromatic carbocycles. The van der Waals surface area contributed by atoms with E-state index in [-0.39, 0.29) is 23.9 Å². The highest BCUT2D eigenvalue weighted by Gasteiger charge is 2.36. The number of carbonyl (C=O) groups excluding carboxylic acids is 1. The molecule has 1 fully saturated rings. The topological polar surface area (TPSA) is 55.6 Å². The molecule has 0 aromatic heterocycles. The van der Waals surface area contributed by atoms with E-state index >= 15 is 0 Å². The van der Waals surface area contributed by atoms with Gasteiger partial charge in [0.05, 0.1) is 0 Å². The molecule has 0 radical (unpaired) electrons. The standard InChI is InChI=1S/C16H23FN2O2/c1-10-7-11(17)5-6-12(10)13-8-19(9-14(13)18)15(20)21-16(2,3)4/h5-7,13-14H,8-9,18H2,1-4H3/t13-,14+/m0/s1. The van der Waals surface area contributed by atoms with Crippen LogP contribution >= 0.6 is 0 Å². The van der Waals surface area contributed by atoms with Crippen molar-refractivity contribution in [3.8, 4) is 0 Å². The molecule has 0 unspecified atom stereocenters. The third-order valence-electron chi connectivity index (χ3n) is 3.65. The molecule has 0 aliphatic carbocycles. The third-order valence-corrected chi connectivity index (χ3v) is 3.65. The highest BCUT2D eigenvalue weighted by molar-refractivity contribution is 5.69. The van der Waals surface area contributed by atoms with Gasteiger partial charge in [-0.1, -0.05) is 6.07 Å². The molecule has 1 heterocycles. The predicted octanol–water partition coefficient (Wildman–Crippen LogP) is 2.80. The lowest BCUT2D eigenvalue weighted by atomic mass is 9.91. The highest BCUT2D eigenvalue weighted by atomic mass is 19.1. The van der Waals surface area contributed by atoms with Gasteiger partial charge in [-0.2, -0.15) is 0 Å². The van der Waals surface area contributed by atoms with E-state index < -0.39 is 5.60 Å². The zero-order chi connectivity index (χ0) is 15.8. The smallest absolute Gasteiger partial charge is 0.410 e. The van der Waals surface area contributed by atoms with Gasteiger partial charge in [-0.05, 0) is 51.0 Å². The van der Waals surface area contributed by atoms with Crippen LogP contribution in [0.4, 0.5) is 9.18 Å². The van der Waals surface area contributed by atoms with Crippen molar-refractivity contribution in [1.82, 2.24) is 4.90 Å². The van der Waals surface area contributed by atoms with E-state index in [0.29, 0.717) is 13.1 Å². The Morgan fingerprint density at radius 1 is 1.38 bits per heavy atom. The van der Waals surface area contributed by atoms with E-state index in [2.05, 4.69) is 0 Å². The van der Waals surface area contributed by atoms with Gasteiger partial charge in [0.25, 0.3) is 0 Å². The Balaban J connectivity index is 2.12. The van der Waals surface area contributed by atoms with E-state index in [1.54, 1.807) is 11.0 Å². The van der Waals surface area contributed by atoms with Crippen LogP contribution < -0.4 is 5.73 Å².